The van der Waals surface area contributed by atoms with Crippen LogP contribution in [0.25, 0.3) is 77.2 Å². The number of fused-ring (bicyclic) bond motifs is 4. The summed E-state index contributed by atoms with van der Waals surface area (Å²) in [6.45, 7) is 0. The third-order valence-electron chi connectivity index (χ3n) is 8.26. The Balaban J connectivity index is 1.58. The lowest BCUT2D eigenvalue weighted by molar-refractivity contribution is 1.48. The summed E-state index contributed by atoms with van der Waals surface area (Å²) in [7, 11) is 0. The van der Waals surface area contributed by atoms with Gasteiger partial charge in [-0.25, -0.2) is 0 Å². The van der Waals surface area contributed by atoms with Gasteiger partial charge in [-0.2, -0.15) is 5.26 Å². The van der Waals surface area contributed by atoms with Gasteiger partial charge in [-0.3, -0.25) is 0 Å². The summed E-state index contributed by atoms with van der Waals surface area (Å²) in [5, 5.41) is 14.8. The van der Waals surface area contributed by atoms with Gasteiger partial charge in [0.15, 0.2) is 0 Å². The molecule has 40 heavy (non-hydrogen) atoms. The minimum atomic E-state index is 0.694. The molecule has 7 aromatic rings. The first-order valence-electron chi connectivity index (χ1n) is 13.6. The molecule has 0 saturated carbocycles. The van der Waals surface area contributed by atoms with Gasteiger partial charge in [0, 0.05) is 5.56 Å². The van der Waals surface area contributed by atoms with Crippen molar-refractivity contribution in [2.75, 3.05) is 0 Å². The van der Waals surface area contributed by atoms with Crippen LogP contribution in [0.5, 0.6) is 0 Å². The minimum Gasteiger partial charge on any atom is -0.192 e. The van der Waals surface area contributed by atoms with E-state index in [1.165, 1.54) is 66.1 Å². The van der Waals surface area contributed by atoms with E-state index in [-0.39, 0.29) is 0 Å². The fourth-order valence-electron chi connectivity index (χ4n) is 6.66. The van der Waals surface area contributed by atoms with Crippen LogP contribution in [-0.2, 0) is 0 Å². The van der Waals surface area contributed by atoms with Crippen LogP contribution in [0.2, 0.25) is 0 Å². The Hall–Kier alpha value is -5.45. The topological polar surface area (TPSA) is 23.8 Å². The third-order valence-corrected chi connectivity index (χ3v) is 8.26. The molecule has 8 rings (SSSR count). The molecular formula is C39H23N. The molecule has 0 radical (unpaired) electrons. The van der Waals surface area contributed by atoms with E-state index < -0.39 is 0 Å². The Labute approximate surface area is 233 Å². The Morgan fingerprint density at radius 1 is 0.350 bits per heavy atom. The smallest absolute Gasteiger partial charge is 0.0998 e. The molecule has 0 fully saturated rings. The van der Waals surface area contributed by atoms with Gasteiger partial charge in [0.25, 0.3) is 0 Å². The molecule has 0 aromatic heterocycles. The van der Waals surface area contributed by atoms with Gasteiger partial charge < -0.3 is 0 Å². The van der Waals surface area contributed by atoms with E-state index in [9.17, 15) is 5.26 Å². The zero-order valence-corrected chi connectivity index (χ0v) is 21.7. The lowest BCUT2D eigenvalue weighted by atomic mass is 9.82. The fourth-order valence-corrected chi connectivity index (χ4v) is 6.66. The van der Waals surface area contributed by atoms with E-state index >= 15 is 0 Å². The highest BCUT2D eigenvalue weighted by molar-refractivity contribution is 6.28. The van der Waals surface area contributed by atoms with Crippen LogP contribution in [0.4, 0.5) is 0 Å². The van der Waals surface area contributed by atoms with Crippen LogP contribution in [0.3, 0.4) is 0 Å². The van der Waals surface area contributed by atoms with Gasteiger partial charge in [0.2, 0.25) is 0 Å². The van der Waals surface area contributed by atoms with Crippen LogP contribution in [-0.4, -0.2) is 0 Å². The number of nitrogens with zero attached hydrogens (tertiary/aromatic N) is 1. The summed E-state index contributed by atoms with van der Waals surface area (Å²) in [5.74, 6) is 0. The summed E-state index contributed by atoms with van der Waals surface area (Å²) >= 11 is 0. The largest absolute Gasteiger partial charge is 0.192 e. The van der Waals surface area contributed by atoms with Gasteiger partial charge in [-0.05, 0) is 77.7 Å². The van der Waals surface area contributed by atoms with Crippen LogP contribution in [0, 0.1) is 11.3 Å². The molecule has 0 N–H and O–H groups in total. The Morgan fingerprint density at radius 3 is 1.45 bits per heavy atom. The second-order valence-corrected chi connectivity index (χ2v) is 10.3. The van der Waals surface area contributed by atoms with Crippen molar-refractivity contribution >= 4 is 21.5 Å². The summed E-state index contributed by atoms with van der Waals surface area (Å²) in [6.07, 6.45) is 0. The molecule has 0 spiro atoms. The van der Waals surface area contributed by atoms with Crippen molar-refractivity contribution in [3.8, 4) is 61.7 Å². The number of hydrogen-bond acceptors (Lipinski definition) is 1. The molecule has 0 bridgehead atoms. The standard InChI is InChI=1S/C39H23N/c40-24-27-16-7-8-17-28(27)29-22-23-34-37-30(29)20-11-21-33(37)38-35(25-12-3-1-4-13-25)31-18-9-10-19-32(31)36(39(34)38)26-14-5-2-6-15-26/h1-23H. The predicted octanol–water partition coefficient (Wildman–Crippen LogP) is 10.5. The second-order valence-electron chi connectivity index (χ2n) is 10.3. The number of nitriles is 1. The number of rotatable bonds is 3. The molecule has 184 valence electrons. The van der Waals surface area contributed by atoms with E-state index in [0.29, 0.717) is 5.56 Å². The normalized spacial score (nSPS) is 11.5. The molecule has 0 heterocycles. The van der Waals surface area contributed by atoms with Crippen LogP contribution >= 0.6 is 0 Å². The van der Waals surface area contributed by atoms with Crippen molar-refractivity contribution in [1.29, 1.82) is 5.26 Å². The second kappa shape index (κ2) is 8.80. The number of benzene rings is 7. The first kappa shape index (κ1) is 22.5. The fraction of sp³-hybridized carbons (Fsp3) is 0. The summed E-state index contributed by atoms with van der Waals surface area (Å²) in [4.78, 5) is 0. The van der Waals surface area contributed by atoms with Crippen molar-refractivity contribution in [3.63, 3.8) is 0 Å². The highest BCUT2D eigenvalue weighted by atomic mass is 14.3. The van der Waals surface area contributed by atoms with Crippen LogP contribution in [0.1, 0.15) is 5.56 Å². The van der Waals surface area contributed by atoms with Crippen LogP contribution in [0.15, 0.2) is 140 Å². The summed E-state index contributed by atoms with van der Waals surface area (Å²) in [6, 6.07) is 51.8. The summed E-state index contributed by atoms with van der Waals surface area (Å²) < 4.78 is 0. The maximum absolute atomic E-state index is 9.90. The highest BCUT2D eigenvalue weighted by Gasteiger charge is 2.31. The zero-order valence-electron chi connectivity index (χ0n) is 21.7. The van der Waals surface area contributed by atoms with Crippen molar-refractivity contribution < 1.29 is 0 Å². The molecule has 1 aliphatic carbocycles. The maximum Gasteiger partial charge on any atom is 0.0998 e. The summed E-state index contributed by atoms with van der Waals surface area (Å²) in [5.41, 5.74) is 12.8. The van der Waals surface area contributed by atoms with Gasteiger partial charge >= 0.3 is 0 Å². The highest BCUT2D eigenvalue weighted by Crippen LogP contribution is 2.58. The molecular weight excluding hydrogens is 482 g/mol. The molecule has 1 nitrogen and oxygen atoms in total. The molecule has 1 aliphatic rings. The van der Waals surface area contributed by atoms with Crippen LogP contribution < -0.4 is 0 Å². The Morgan fingerprint density at radius 2 is 0.825 bits per heavy atom. The Kier molecular flexibility index (Phi) is 4.96. The average molecular weight is 506 g/mol. The average Bonchev–Trinajstić information content (AvgIpc) is 3.36. The van der Waals surface area contributed by atoms with E-state index in [0.717, 1.165) is 11.1 Å². The lowest BCUT2D eigenvalue weighted by Gasteiger charge is -2.20. The molecule has 0 unspecified atom stereocenters. The van der Waals surface area contributed by atoms with E-state index in [1.54, 1.807) is 0 Å². The minimum absolute atomic E-state index is 0.694. The SMILES string of the molecule is N#Cc1ccccc1-c1ccc2c3c(cccc13)-c1c-2c(-c2ccccc2)c2ccccc2c1-c1ccccc1. The monoisotopic (exact) mass is 505 g/mol. The molecule has 7 aromatic carbocycles. The first-order chi connectivity index (χ1) is 19.8. The predicted molar refractivity (Wildman–Crippen MR) is 167 cm³/mol. The van der Waals surface area contributed by atoms with Crippen molar-refractivity contribution in [3.05, 3.63) is 145 Å². The molecule has 0 saturated heterocycles. The van der Waals surface area contributed by atoms with Gasteiger partial charge in [0.1, 0.15) is 0 Å². The molecule has 1 heteroatoms. The van der Waals surface area contributed by atoms with Crippen molar-refractivity contribution in [2.24, 2.45) is 0 Å². The molecule has 0 amide bonds. The third kappa shape index (κ3) is 3.14. The molecule has 0 atom stereocenters. The lowest BCUT2D eigenvalue weighted by Crippen LogP contribution is -1.93. The molecule has 0 aliphatic heterocycles. The van der Waals surface area contributed by atoms with Gasteiger partial charge in [-0.15, -0.1) is 0 Å². The quantitative estimate of drug-likeness (QED) is 0.234. The van der Waals surface area contributed by atoms with Gasteiger partial charge in [-0.1, -0.05) is 133 Å². The zero-order chi connectivity index (χ0) is 26.6. The van der Waals surface area contributed by atoms with E-state index in [1.807, 2.05) is 18.2 Å². The number of hydrogen-bond donors (Lipinski definition) is 0. The van der Waals surface area contributed by atoms with Crippen molar-refractivity contribution in [1.82, 2.24) is 0 Å². The van der Waals surface area contributed by atoms with Crippen molar-refractivity contribution in [2.45, 2.75) is 0 Å². The first-order valence-corrected chi connectivity index (χ1v) is 13.6. The van der Waals surface area contributed by atoms with E-state index in [2.05, 4.69) is 127 Å². The van der Waals surface area contributed by atoms with Gasteiger partial charge in [0.05, 0.1) is 11.6 Å². The maximum atomic E-state index is 9.90. The van der Waals surface area contributed by atoms with E-state index in [4.69, 9.17) is 0 Å². The Bertz CT molecular complexity index is 2060.